The summed E-state index contributed by atoms with van der Waals surface area (Å²) in [5.41, 5.74) is 0. The van der Waals surface area contributed by atoms with E-state index in [4.69, 9.17) is 37.0 Å². The molecule has 0 spiro atoms. The Morgan fingerprint density at radius 1 is 0.320 bits per heavy atom. The number of carbonyl (C=O) groups is 4. The van der Waals surface area contributed by atoms with Crippen molar-refractivity contribution >= 4 is 39.5 Å². The summed E-state index contributed by atoms with van der Waals surface area (Å²) in [4.78, 5) is 72.8. The summed E-state index contributed by atoms with van der Waals surface area (Å²) in [6, 6.07) is 0. The van der Waals surface area contributed by atoms with E-state index in [0.717, 1.165) is 121 Å². The van der Waals surface area contributed by atoms with Crippen LogP contribution in [0.5, 0.6) is 0 Å². The van der Waals surface area contributed by atoms with E-state index >= 15 is 0 Å². The molecule has 0 aromatic rings. The van der Waals surface area contributed by atoms with Gasteiger partial charge in [0.25, 0.3) is 0 Å². The highest BCUT2D eigenvalue weighted by molar-refractivity contribution is 7.47. The Balaban J connectivity index is 5.26. The number of phosphoric ester groups is 2. The standard InChI is InChI=1S/C78H148O17P2/c1-7-9-11-13-15-17-19-21-23-24-25-26-27-29-31-33-37-43-50-56-62-77(82)94-73(66-88-75(80)60-54-48-42-36-32-30-28-22-20-18-16-14-12-10-8-2)68-92-96(84,85)90-64-72(79)65-91-97(86,87)93-69-74(67-89-76(81)61-55-49-45-39-41-47-53-59-71(5)6)95-78(83)63-57-51-44-38-34-35-40-46-52-58-70(3)4/h18,20,22,28,70-74,79H,7-17,19,21,23-27,29-69H2,1-6H3,(H,84,85)(H,86,87)/b20-18-,28-22-/t72-,73-,74-/m1/s1. The number of hydrogen-bond donors (Lipinski definition) is 3. The predicted octanol–water partition coefficient (Wildman–Crippen LogP) is 22.7. The molecule has 0 saturated heterocycles. The SMILES string of the molecule is CCCCCC/C=C\C=C/CCCCCCCC(=O)OC[C@H](COP(=O)(O)OC[C@@H](O)COP(=O)(O)OC[C@@H](COC(=O)CCCCCCCCCC(C)C)OC(=O)CCCCCCCCCCCC(C)C)OC(=O)CCCCCCCCCCCCCCCCCCCCCC. The number of aliphatic hydroxyl groups excluding tert-OH is 1. The van der Waals surface area contributed by atoms with Crippen molar-refractivity contribution in [1.82, 2.24) is 0 Å². The van der Waals surface area contributed by atoms with Crippen LogP contribution < -0.4 is 0 Å². The number of unbranched alkanes of at least 4 members (excludes halogenated alkanes) is 42. The monoisotopic (exact) mass is 1420 g/mol. The van der Waals surface area contributed by atoms with Crippen molar-refractivity contribution in [2.75, 3.05) is 39.6 Å². The molecule has 2 unspecified atom stereocenters. The molecule has 0 aliphatic rings. The highest BCUT2D eigenvalue weighted by atomic mass is 31.2. The Morgan fingerprint density at radius 3 is 0.845 bits per heavy atom. The molecule has 0 fully saturated rings. The molecule has 0 aliphatic carbocycles. The number of allylic oxidation sites excluding steroid dienone is 4. The van der Waals surface area contributed by atoms with Crippen LogP contribution in [0.25, 0.3) is 0 Å². The van der Waals surface area contributed by atoms with Gasteiger partial charge in [-0.25, -0.2) is 9.13 Å². The molecule has 3 N–H and O–H groups in total. The second kappa shape index (κ2) is 69.3. The average Bonchev–Trinajstić information content (AvgIpc) is 1.43. The Morgan fingerprint density at radius 2 is 0.557 bits per heavy atom. The molecule has 17 nitrogen and oxygen atoms in total. The third kappa shape index (κ3) is 71.7. The minimum atomic E-state index is -4.97. The summed E-state index contributed by atoms with van der Waals surface area (Å²) in [6.45, 7) is 9.45. The third-order valence-electron chi connectivity index (χ3n) is 17.6. The summed E-state index contributed by atoms with van der Waals surface area (Å²) in [5.74, 6) is -0.708. The van der Waals surface area contributed by atoms with Crippen LogP contribution in [0.2, 0.25) is 0 Å². The molecular weight excluding hydrogens is 1270 g/mol. The van der Waals surface area contributed by atoms with E-state index < -0.39 is 97.5 Å². The van der Waals surface area contributed by atoms with Crippen molar-refractivity contribution in [1.29, 1.82) is 0 Å². The third-order valence-corrected chi connectivity index (χ3v) is 19.5. The van der Waals surface area contributed by atoms with E-state index in [1.54, 1.807) is 0 Å². The van der Waals surface area contributed by atoms with Gasteiger partial charge in [-0.3, -0.25) is 37.3 Å². The van der Waals surface area contributed by atoms with Crippen LogP contribution in [-0.2, 0) is 65.4 Å². The molecule has 0 aliphatic heterocycles. The number of hydrogen-bond acceptors (Lipinski definition) is 15. The van der Waals surface area contributed by atoms with Crippen molar-refractivity contribution in [2.24, 2.45) is 11.8 Å². The van der Waals surface area contributed by atoms with E-state index in [-0.39, 0.29) is 25.7 Å². The smallest absolute Gasteiger partial charge is 0.462 e. The van der Waals surface area contributed by atoms with Crippen LogP contribution in [0.1, 0.15) is 382 Å². The lowest BCUT2D eigenvalue weighted by Crippen LogP contribution is -2.30. The molecule has 0 bridgehead atoms. The van der Waals surface area contributed by atoms with Gasteiger partial charge < -0.3 is 33.8 Å². The van der Waals surface area contributed by atoms with Gasteiger partial charge in [-0.15, -0.1) is 0 Å². The lowest BCUT2D eigenvalue weighted by Gasteiger charge is -2.21. The van der Waals surface area contributed by atoms with Crippen LogP contribution in [0.15, 0.2) is 24.3 Å². The van der Waals surface area contributed by atoms with Crippen LogP contribution in [0.3, 0.4) is 0 Å². The van der Waals surface area contributed by atoms with Crippen molar-refractivity contribution in [3.63, 3.8) is 0 Å². The minimum absolute atomic E-state index is 0.102. The van der Waals surface area contributed by atoms with Crippen LogP contribution in [0, 0.1) is 11.8 Å². The maximum Gasteiger partial charge on any atom is 0.472 e. The van der Waals surface area contributed by atoms with E-state index in [9.17, 15) is 43.2 Å². The zero-order chi connectivity index (χ0) is 71.4. The molecule has 0 aromatic carbocycles. The van der Waals surface area contributed by atoms with Gasteiger partial charge in [-0.1, -0.05) is 329 Å². The lowest BCUT2D eigenvalue weighted by molar-refractivity contribution is -0.161. The Bertz CT molecular complexity index is 1970. The van der Waals surface area contributed by atoms with Gasteiger partial charge in [-0.05, 0) is 63.2 Å². The van der Waals surface area contributed by atoms with Gasteiger partial charge in [0.05, 0.1) is 26.4 Å². The first kappa shape index (κ1) is 94.5. The van der Waals surface area contributed by atoms with Gasteiger partial charge in [0.1, 0.15) is 19.3 Å². The molecule has 5 atom stereocenters. The Kier molecular flexibility index (Phi) is 67.5. The maximum absolute atomic E-state index is 13.1. The molecule has 0 radical (unpaired) electrons. The van der Waals surface area contributed by atoms with Gasteiger partial charge in [0, 0.05) is 25.7 Å². The van der Waals surface area contributed by atoms with E-state index in [1.807, 2.05) is 0 Å². The van der Waals surface area contributed by atoms with Crippen LogP contribution in [-0.4, -0.2) is 96.7 Å². The summed E-state index contributed by atoms with van der Waals surface area (Å²) in [6.07, 6.45) is 60.7. The van der Waals surface area contributed by atoms with Gasteiger partial charge in [-0.2, -0.15) is 0 Å². The highest BCUT2D eigenvalue weighted by Gasteiger charge is 2.30. The number of ether oxygens (including phenoxy) is 4. The average molecular weight is 1420 g/mol. The number of carbonyl (C=O) groups excluding carboxylic acids is 4. The van der Waals surface area contributed by atoms with Crippen molar-refractivity contribution in [2.45, 2.75) is 400 Å². The zero-order valence-corrected chi connectivity index (χ0v) is 64.7. The number of phosphoric acid groups is 2. The van der Waals surface area contributed by atoms with Crippen LogP contribution in [0.4, 0.5) is 0 Å². The Hall–Kier alpha value is -2.46. The topological polar surface area (TPSA) is 237 Å². The second-order valence-electron chi connectivity index (χ2n) is 28.4. The normalized spacial score (nSPS) is 14.1. The first-order valence-electron chi connectivity index (χ1n) is 39.8. The molecule has 0 heterocycles. The fraction of sp³-hybridized carbons (Fsp3) is 0.897. The Labute approximate surface area is 592 Å². The predicted molar refractivity (Wildman–Crippen MR) is 395 cm³/mol. The van der Waals surface area contributed by atoms with E-state index in [2.05, 4.69) is 65.8 Å². The maximum atomic E-state index is 13.1. The molecular formula is C78H148O17P2. The molecule has 97 heavy (non-hydrogen) atoms. The quantitative estimate of drug-likeness (QED) is 0.0169. The summed E-state index contributed by atoms with van der Waals surface area (Å²) >= 11 is 0. The fourth-order valence-electron chi connectivity index (χ4n) is 11.5. The van der Waals surface area contributed by atoms with Crippen molar-refractivity contribution < 1.29 is 80.2 Å². The molecule has 0 rings (SSSR count). The van der Waals surface area contributed by atoms with Gasteiger partial charge >= 0.3 is 39.5 Å². The number of aliphatic hydroxyl groups is 1. The number of rotatable bonds is 75. The van der Waals surface area contributed by atoms with Gasteiger partial charge in [0.15, 0.2) is 12.2 Å². The van der Waals surface area contributed by atoms with E-state index in [0.29, 0.717) is 31.6 Å². The summed E-state index contributed by atoms with van der Waals surface area (Å²) in [7, 11) is -9.92. The molecule has 0 aromatic heterocycles. The first-order valence-corrected chi connectivity index (χ1v) is 42.8. The minimum Gasteiger partial charge on any atom is -0.462 e. The largest absolute Gasteiger partial charge is 0.472 e. The van der Waals surface area contributed by atoms with Crippen molar-refractivity contribution in [3.05, 3.63) is 24.3 Å². The fourth-order valence-corrected chi connectivity index (χ4v) is 13.0. The summed E-state index contributed by atoms with van der Waals surface area (Å²) in [5, 5.41) is 10.6. The van der Waals surface area contributed by atoms with E-state index in [1.165, 1.54) is 173 Å². The zero-order valence-electron chi connectivity index (χ0n) is 62.9. The number of esters is 4. The van der Waals surface area contributed by atoms with Gasteiger partial charge in [0.2, 0.25) is 0 Å². The molecule has 572 valence electrons. The first-order chi connectivity index (χ1) is 46.9. The lowest BCUT2D eigenvalue weighted by atomic mass is 10.0. The second-order valence-corrected chi connectivity index (χ2v) is 31.3. The molecule has 0 amide bonds. The summed E-state index contributed by atoms with van der Waals surface area (Å²) < 4.78 is 68.5. The van der Waals surface area contributed by atoms with Crippen molar-refractivity contribution in [3.8, 4) is 0 Å². The molecule has 19 heteroatoms. The van der Waals surface area contributed by atoms with Crippen LogP contribution >= 0.6 is 15.6 Å². The highest BCUT2D eigenvalue weighted by Crippen LogP contribution is 2.45. The molecule has 0 saturated carbocycles.